The lowest BCUT2D eigenvalue weighted by molar-refractivity contribution is -0.644. The largest absolute Gasteiger partial charge is 0.394 e. The first-order valence-electron chi connectivity index (χ1n) is 3.87. The molecule has 2 aromatic rings. The molecule has 2 heterocycles. The zero-order chi connectivity index (χ0) is 9.42. The van der Waals surface area contributed by atoms with Crippen molar-refractivity contribution in [3.8, 4) is 0 Å². The third kappa shape index (κ3) is 0.942. The molecular formula is C9H9N4+. The van der Waals surface area contributed by atoms with Crippen LogP contribution >= 0.6 is 0 Å². The smallest absolute Gasteiger partial charge is 0.297 e. The van der Waals surface area contributed by atoms with Gasteiger partial charge in [-0.25, -0.2) is 9.41 Å². The predicted molar refractivity (Wildman–Crippen MR) is 50.1 cm³/mol. The maximum atomic E-state index is 6.99. The molecule has 2 aromatic heterocycles. The fourth-order valence-electron chi connectivity index (χ4n) is 1.45. The molecule has 64 valence electrons. The minimum Gasteiger partial charge on any atom is -0.394 e. The maximum absolute atomic E-state index is 6.99. The summed E-state index contributed by atoms with van der Waals surface area (Å²) in [6.45, 7) is 6.99. The highest BCUT2D eigenvalue weighted by Crippen LogP contribution is 2.28. The third-order valence-corrected chi connectivity index (χ3v) is 2.04. The summed E-state index contributed by atoms with van der Waals surface area (Å²) >= 11 is 0. The van der Waals surface area contributed by atoms with Gasteiger partial charge in [0, 0.05) is 6.07 Å². The van der Waals surface area contributed by atoms with E-state index in [1.165, 1.54) is 0 Å². The molecular weight excluding hydrogens is 164 g/mol. The van der Waals surface area contributed by atoms with E-state index < -0.39 is 0 Å². The van der Waals surface area contributed by atoms with Gasteiger partial charge in [-0.05, 0) is 6.07 Å². The number of aromatic nitrogens is 2. The predicted octanol–water partition coefficient (Wildman–Crippen LogP) is 1.13. The molecule has 0 aliphatic heterocycles. The van der Waals surface area contributed by atoms with Crippen LogP contribution in [0.4, 0.5) is 11.5 Å². The molecule has 2 rings (SSSR count). The Kier molecular flexibility index (Phi) is 1.46. The van der Waals surface area contributed by atoms with E-state index in [4.69, 9.17) is 12.3 Å². The highest BCUT2D eigenvalue weighted by molar-refractivity contribution is 5.94. The molecule has 0 saturated carbocycles. The zero-order valence-corrected chi connectivity index (χ0v) is 7.20. The van der Waals surface area contributed by atoms with Crippen LogP contribution < -0.4 is 10.3 Å². The van der Waals surface area contributed by atoms with Crippen molar-refractivity contribution in [2.45, 2.75) is 0 Å². The molecule has 0 spiro atoms. The summed E-state index contributed by atoms with van der Waals surface area (Å²) in [6.07, 6.45) is 1.89. The van der Waals surface area contributed by atoms with Crippen LogP contribution in [0.25, 0.3) is 15.9 Å². The topological polar surface area (TPSA) is 50.1 Å². The molecule has 0 fully saturated rings. The molecule has 0 unspecified atom stereocenters. The van der Waals surface area contributed by atoms with Crippen molar-refractivity contribution in [1.29, 1.82) is 0 Å². The van der Waals surface area contributed by atoms with E-state index in [-0.39, 0.29) is 0 Å². The van der Waals surface area contributed by atoms with Gasteiger partial charge in [-0.3, -0.25) is 0 Å². The summed E-state index contributed by atoms with van der Waals surface area (Å²) in [5, 5.41) is 0. The van der Waals surface area contributed by atoms with Crippen LogP contribution in [0.5, 0.6) is 0 Å². The Hall–Kier alpha value is -2.02. The zero-order valence-electron chi connectivity index (χ0n) is 7.20. The fraction of sp³-hybridized carbons (Fsp3) is 0.111. The van der Waals surface area contributed by atoms with Crippen molar-refractivity contribution in [3.05, 3.63) is 29.7 Å². The van der Waals surface area contributed by atoms with Crippen LogP contribution in [0, 0.1) is 6.57 Å². The van der Waals surface area contributed by atoms with Crippen molar-refractivity contribution in [1.82, 2.24) is 4.98 Å². The maximum Gasteiger partial charge on any atom is 0.297 e. The summed E-state index contributed by atoms with van der Waals surface area (Å²) in [6, 6.07) is 3.81. The van der Waals surface area contributed by atoms with Gasteiger partial charge in [0.15, 0.2) is 6.20 Å². The number of rotatable bonds is 0. The third-order valence-electron chi connectivity index (χ3n) is 2.04. The van der Waals surface area contributed by atoms with E-state index in [0.717, 1.165) is 11.0 Å². The Labute approximate surface area is 75.4 Å². The molecule has 13 heavy (non-hydrogen) atoms. The van der Waals surface area contributed by atoms with E-state index >= 15 is 0 Å². The average molecular weight is 173 g/mol. The number of hydrogen-bond donors (Lipinski definition) is 2. The summed E-state index contributed by atoms with van der Waals surface area (Å²) < 4.78 is 1.88. The molecule has 3 N–H and O–H groups in total. The number of nitrogen functional groups attached to an aromatic ring is 1. The summed E-state index contributed by atoms with van der Waals surface area (Å²) in [7, 11) is 1.89. The number of nitrogens with two attached hydrogens (primary N) is 1. The number of aryl methyl sites for hydroxylation is 1. The number of nitrogens with one attached hydrogen (secondary N) is 1. The van der Waals surface area contributed by atoms with E-state index in [9.17, 15) is 0 Å². The molecule has 4 nitrogen and oxygen atoms in total. The van der Waals surface area contributed by atoms with Crippen LogP contribution in [0.1, 0.15) is 0 Å². The Morgan fingerprint density at radius 2 is 2.38 bits per heavy atom. The normalized spacial score (nSPS) is 10.2. The molecule has 0 aromatic carbocycles. The second kappa shape index (κ2) is 2.49. The summed E-state index contributed by atoms with van der Waals surface area (Å²) in [5.41, 5.74) is 7.90. The Balaban J connectivity index is 2.99. The number of fused-ring (bicyclic) bond motifs is 1. The van der Waals surface area contributed by atoms with Crippen molar-refractivity contribution in [3.63, 3.8) is 0 Å². The second-order valence-electron chi connectivity index (χ2n) is 2.88. The van der Waals surface area contributed by atoms with E-state index in [1.54, 1.807) is 0 Å². The van der Waals surface area contributed by atoms with Crippen LogP contribution in [0.3, 0.4) is 0 Å². The number of pyridine rings is 1. The van der Waals surface area contributed by atoms with Gasteiger partial charge in [-0.2, -0.15) is 0 Å². The van der Waals surface area contributed by atoms with Gasteiger partial charge in [0.2, 0.25) is 5.52 Å². The van der Waals surface area contributed by atoms with Gasteiger partial charge < -0.3 is 10.7 Å². The van der Waals surface area contributed by atoms with Gasteiger partial charge in [0.25, 0.3) is 5.69 Å². The Bertz CT molecular complexity index is 504. The number of nitrogens with zero attached hydrogens (tertiary/aromatic N) is 2. The van der Waals surface area contributed by atoms with Gasteiger partial charge in [0.05, 0.1) is 12.1 Å². The number of anilines is 1. The molecule has 4 heteroatoms. The molecule has 0 atom stereocenters. The van der Waals surface area contributed by atoms with Gasteiger partial charge in [-0.1, -0.05) is 0 Å². The van der Waals surface area contributed by atoms with Gasteiger partial charge in [-0.15, -0.1) is 0 Å². The molecule has 0 bridgehead atoms. The van der Waals surface area contributed by atoms with Crippen LogP contribution in [-0.2, 0) is 7.05 Å². The van der Waals surface area contributed by atoms with Crippen molar-refractivity contribution in [2.75, 3.05) is 5.73 Å². The quantitative estimate of drug-likeness (QED) is 0.455. The number of H-pyrrole nitrogens is 1. The lowest BCUT2D eigenvalue weighted by atomic mass is 10.3. The minimum atomic E-state index is 0.437. The highest BCUT2D eigenvalue weighted by atomic mass is 15.0. The van der Waals surface area contributed by atoms with Gasteiger partial charge in [0.1, 0.15) is 12.9 Å². The number of hydrogen-bond acceptors (Lipinski definition) is 1. The van der Waals surface area contributed by atoms with Crippen LogP contribution in [0.2, 0.25) is 0 Å². The lowest BCUT2D eigenvalue weighted by Gasteiger charge is -1.88. The van der Waals surface area contributed by atoms with E-state index in [2.05, 4.69) is 9.83 Å². The fourth-order valence-corrected chi connectivity index (χ4v) is 1.45. The van der Waals surface area contributed by atoms with Crippen molar-refractivity contribution >= 4 is 22.5 Å². The van der Waals surface area contributed by atoms with Crippen molar-refractivity contribution in [2.24, 2.45) is 7.05 Å². The number of aromatic amines is 1. The highest BCUT2D eigenvalue weighted by Gasteiger charge is 2.16. The van der Waals surface area contributed by atoms with E-state index in [0.29, 0.717) is 11.5 Å². The molecule has 0 amide bonds. The Morgan fingerprint density at radius 3 is 3.08 bits per heavy atom. The van der Waals surface area contributed by atoms with Crippen LogP contribution in [0.15, 0.2) is 18.3 Å². The first-order valence-corrected chi connectivity index (χ1v) is 3.87. The van der Waals surface area contributed by atoms with Gasteiger partial charge >= 0.3 is 0 Å². The first kappa shape index (κ1) is 7.62. The average Bonchev–Trinajstić information content (AvgIpc) is 2.42. The first-order chi connectivity index (χ1) is 6.24. The molecule has 0 radical (unpaired) electrons. The second-order valence-corrected chi connectivity index (χ2v) is 2.88. The van der Waals surface area contributed by atoms with Crippen LogP contribution in [-0.4, -0.2) is 4.98 Å². The minimum absolute atomic E-state index is 0.437. The Morgan fingerprint density at radius 1 is 1.62 bits per heavy atom. The molecule has 0 saturated heterocycles. The van der Waals surface area contributed by atoms with E-state index in [1.807, 2.05) is 29.9 Å². The standard InChI is InChI=1S/C9H8N4/c1-11-7-8-6(12-9(7)10)4-3-5-13(8)2/h3-5H,2H3,(H2,10,12)/p+1. The summed E-state index contributed by atoms with van der Waals surface area (Å²) in [5.74, 6) is 0.437. The monoisotopic (exact) mass is 173 g/mol. The lowest BCUT2D eigenvalue weighted by Crippen LogP contribution is -2.27. The SMILES string of the molecule is [C-]#[N+]c1c(N)[nH]c2ccc[n+](C)c12. The molecule has 0 aliphatic carbocycles. The summed E-state index contributed by atoms with van der Waals surface area (Å²) in [4.78, 5) is 6.35. The molecule has 0 aliphatic rings. The van der Waals surface area contributed by atoms with Crippen molar-refractivity contribution < 1.29 is 4.57 Å².